The number of nitrogens with two attached hydrogens (primary N) is 1. The number of anilines is 1. The Morgan fingerprint density at radius 1 is 0.743 bits per heavy atom. The third-order valence-electron chi connectivity index (χ3n) is 5.74. The summed E-state index contributed by atoms with van der Waals surface area (Å²) >= 11 is 0. The van der Waals surface area contributed by atoms with Crippen molar-refractivity contribution in [2.24, 2.45) is 0 Å². The highest BCUT2D eigenvalue weighted by molar-refractivity contribution is 5.71. The molecule has 194 valence electrons. The molecular weight excluding hydrogens is 462 g/mol. The number of hydrazine groups is 1. The number of aryl methyl sites for hydroxylation is 1. The molecular formula is C22H33N5O8. The van der Waals surface area contributed by atoms with Crippen molar-refractivity contribution in [3.05, 3.63) is 29.8 Å². The highest BCUT2D eigenvalue weighted by atomic mass is 16.4. The molecule has 0 amide bonds. The molecule has 0 aliphatic carbocycles. The fraction of sp³-hybridized carbons (Fsp3) is 0.545. The first-order chi connectivity index (χ1) is 16.5. The monoisotopic (exact) mass is 495 g/mol. The Kier molecular flexibility index (Phi) is 10.9. The molecule has 1 saturated heterocycles. The van der Waals surface area contributed by atoms with Gasteiger partial charge in [0.25, 0.3) is 0 Å². The Hall–Kier alpha value is -3.26. The molecule has 1 fully saturated rings. The van der Waals surface area contributed by atoms with Gasteiger partial charge in [0.1, 0.15) is 13.1 Å². The van der Waals surface area contributed by atoms with E-state index in [1.54, 1.807) is 21.9 Å². The van der Waals surface area contributed by atoms with E-state index in [-0.39, 0.29) is 45.8 Å². The SMILES string of the molecule is Nc1ccc(CCC2CN(CC(=O)O)CCN(CC(=O)O)CCN(CC(=O)O)N2CC(=O)O)cc1. The number of aliphatic carboxylic acids is 4. The Bertz CT molecular complexity index is 881. The molecule has 1 unspecified atom stereocenters. The van der Waals surface area contributed by atoms with Gasteiger partial charge in [-0.05, 0) is 30.5 Å². The minimum Gasteiger partial charge on any atom is -0.480 e. The summed E-state index contributed by atoms with van der Waals surface area (Å²) in [6.45, 7) is -0.635. The van der Waals surface area contributed by atoms with Gasteiger partial charge in [0, 0.05) is 44.5 Å². The number of hydrogen-bond donors (Lipinski definition) is 5. The third kappa shape index (κ3) is 10.3. The average Bonchev–Trinajstić information content (AvgIpc) is 2.75. The maximum Gasteiger partial charge on any atom is 0.319 e. The van der Waals surface area contributed by atoms with Gasteiger partial charge in [-0.25, -0.2) is 10.0 Å². The molecule has 0 radical (unpaired) electrons. The lowest BCUT2D eigenvalue weighted by Gasteiger charge is -2.43. The standard InChI is InChI=1S/C22H33N5O8/c23-17-4-1-16(2-5-17)3-6-18-11-25(13-20(30)31)8-7-24(12-19(28)29)9-10-26(14-21(32)33)27(18)15-22(34)35/h1-2,4-5,18H,3,6-15,23H2,(H,28,29)(H,30,31)(H,32,33)(H,34,35). The molecule has 0 aromatic heterocycles. The predicted octanol–water partition coefficient (Wildman–Crippen LogP) is -0.955. The van der Waals surface area contributed by atoms with E-state index < -0.39 is 43.0 Å². The van der Waals surface area contributed by atoms with E-state index in [4.69, 9.17) is 5.73 Å². The van der Waals surface area contributed by atoms with Gasteiger partial charge in [0.2, 0.25) is 0 Å². The van der Waals surface area contributed by atoms with E-state index in [1.807, 2.05) is 12.1 Å². The van der Waals surface area contributed by atoms with Crippen molar-refractivity contribution in [1.29, 1.82) is 0 Å². The smallest absolute Gasteiger partial charge is 0.319 e. The topological polar surface area (TPSA) is 188 Å². The summed E-state index contributed by atoms with van der Waals surface area (Å²) in [6.07, 6.45) is 0.969. The maximum absolute atomic E-state index is 11.8. The molecule has 13 heteroatoms. The van der Waals surface area contributed by atoms with E-state index in [1.165, 1.54) is 10.0 Å². The van der Waals surface area contributed by atoms with Crippen molar-refractivity contribution in [1.82, 2.24) is 19.8 Å². The number of carboxylic acid groups (broad SMARTS) is 4. The summed E-state index contributed by atoms with van der Waals surface area (Å²) in [6, 6.07) is 6.70. The van der Waals surface area contributed by atoms with Crippen LogP contribution in [-0.4, -0.2) is 129 Å². The second kappa shape index (κ2) is 13.6. The number of hydrogen-bond acceptors (Lipinski definition) is 9. The van der Waals surface area contributed by atoms with Crippen LogP contribution in [-0.2, 0) is 25.6 Å². The highest BCUT2D eigenvalue weighted by Crippen LogP contribution is 2.17. The zero-order valence-electron chi connectivity index (χ0n) is 19.5. The Balaban J connectivity index is 2.39. The number of nitrogens with zero attached hydrogens (tertiary/aromatic N) is 4. The van der Waals surface area contributed by atoms with Crippen molar-refractivity contribution in [2.75, 3.05) is 64.6 Å². The van der Waals surface area contributed by atoms with E-state index in [2.05, 4.69) is 0 Å². The Morgan fingerprint density at radius 3 is 1.83 bits per heavy atom. The zero-order chi connectivity index (χ0) is 26.0. The van der Waals surface area contributed by atoms with Crippen molar-refractivity contribution >= 4 is 29.6 Å². The lowest BCUT2D eigenvalue weighted by Crippen LogP contribution is -2.59. The average molecular weight is 496 g/mol. The van der Waals surface area contributed by atoms with Gasteiger partial charge in [-0.15, -0.1) is 0 Å². The van der Waals surface area contributed by atoms with Crippen LogP contribution in [0.3, 0.4) is 0 Å². The molecule has 13 nitrogen and oxygen atoms in total. The van der Waals surface area contributed by atoms with Crippen molar-refractivity contribution in [2.45, 2.75) is 18.9 Å². The van der Waals surface area contributed by atoms with Crippen LogP contribution < -0.4 is 5.73 Å². The van der Waals surface area contributed by atoms with Crippen LogP contribution in [0.2, 0.25) is 0 Å². The second-order valence-electron chi connectivity index (χ2n) is 8.51. The van der Waals surface area contributed by atoms with Crippen LogP contribution in [0.25, 0.3) is 0 Å². The lowest BCUT2D eigenvalue weighted by atomic mass is 10.0. The molecule has 1 aliphatic rings. The summed E-state index contributed by atoms with van der Waals surface area (Å²) < 4.78 is 0. The number of benzene rings is 1. The van der Waals surface area contributed by atoms with Gasteiger partial charge in [0.05, 0.1) is 13.1 Å². The number of rotatable bonds is 11. The summed E-state index contributed by atoms with van der Waals surface area (Å²) in [5, 5.41) is 40.6. The second-order valence-corrected chi connectivity index (χ2v) is 8.51. The molecule has 6 N–H and O–H groups in total. The molecule has 1 aromatic carbocycles. The van der Waals surface area contributed by atoms with Gasteiger partial charge >= 0.3 is 23.9 Å². The van der Waals surface area contributed by atoms with E-state index >= 15 is 0 Å². The first-order valence-corrected chi connectivity index (χ1v) is 11.2. The summed E-state index contributed by atoms with van der Waals surface area (Å²) in [7, 11) is 0. The molecule has 1 heterocycles. The van der Waals surface area contributed by atoms with Crippen LogP contribution in [0.4, 0.5) is 5.69 Å². The minimum atomic E-state index is -1.16. The fourth-order valence-electron chi connectivity index (χ4n) is 4.13. The summed E-state index contributed by atoms with van der Waals surface area (Å²) in [5.74, 6) is -4.47. The predicted molar refractivity (Wildman–Crippen MR) is 125 cm³/mol. The fourth-order valence-corrected chi connectivity index (χ4v) is 4.13. The van der Waals surface area contributed by atoms with Gasteiger partial charge in [0.15, 0.2) is 0 Å². The summed E-state index contributed by atoms with van der Waals surface area (Å²) in [4.78, 5) is 49.4. The molecule has 0 saturated carbocycles. The summed E-state index contributed by atoms with van der Waals surface area (Å²) in [5.41, 5.74) is 7.30. The van der Waals surface area contributed by atoms with Gasteiger partial charge < -0.3 is 26.2 Å². The van der Waals surface area contributed by atoms with Gasteiger partial charge in [-0.1, -0.05) is 12.1 Å². The van der Waals surface area contributed by atoms with Crippen molar-refractivity contribution < 1.29 is 39.6 Å². The minimum absolute atomic E-state index is 0.101. The number of carboxylic acids is 4. The molecule has 1 atom stereocenters. The van der Waals surface area contributed by atoms with Gasteiger partial charge in [-0.3, -0.25) is 29.0 Å². The first-order valence-electron chi connectivity index (χ1n) is 11.2. The lowest BCUT2D eigenvalue weighted by molar-refractivity contribution is -0.159. The van der Waals surface area contributed by atoms with E-state index in [0.717, 1.165) is 5.56 Å². The number of nitrogen functional groups attached to an aromatic ring is 1. The normalized spacial score (nSPS) is 19.3. The van der Waals surface area contributed by atoms with Crippen LogP contribution in [0.1, 0.15) is 12.0 Å². The van der Waals surface area contributed by atoms with E-state index in [9.17, 15) is 39.6 Å². The van der Waals surface area contributed by atoms with Crippen LogP contribution in [0.5, 0.6) is 0 Å². The molecule has 0 bridgehead atoms. The number of carbonyl (C=O) groups is 4. The van der Waals surface area contributed by atoms with Crippen LogP contribution in [0.15, 0.2) is 24.3 Å². The molecule has 1 aromatic rings. The van der Waals surface area contributed by atoms with Crippen LogP contribution in [0, 0.1) is 0 Å². The van der Waals surface area contributed by atoms with Gasteiger partial charge in [-0.2, -0.15) is 0 Å². The third-order valence-corrected chi connectivity index (χ3v) is 5.74. The van der Waals surface area contributed by atoms with Crippen LogP contribution >= 0.6 is 0 Å². The zero-order valence-corrected chi connectivity index (χ0v) is 19.5. The highest BCUT2D eigenvalue weighted by Gasteiger charge is 2.31. The quantitative estimate of drug-likeness (QED) is 0.236. The molecule has 2 rings (SSSR count). The molecule has 0 spiro atoms. The first kappa shape index (κ1) is 28.0. The molecule has 35 heavy (non-hydrogen) atoms. The Morgan fingerprint density at radius 2 is 1.26 bits per heavy atom. The Labute approximate surface area is 202 Å². The van der Waals surface area contributed by atoms with Crippen molar-refractivity contribution in [3.63, 3.8) is 0 Å². The molecule has 1 aliphatic heterocycles. The largest absolute Gasteiger partial charge is 0.480 e. The van der Waals surface area contributed by atoms with E-state index in [0.29, 0.717) is 18.5 Å². The van der Waals surface area contributed by atoms with Crippen molar-refractivity contribution in [3.8, 4) is 0 Å². The maximum atomic E-state index is 11.8.